The van der Waals surface area contributed by atoms with Crippen LogP contribution in [-0.2, 0) is 6.42 Å². The molecular weight excluding hydrogens is 228 g/mol. The molecule has 0 bridgehead atoms. The van der Waals surface area contributed by atoms with Gasteiger partial charge in [0.2, 0.25) is 0 Å². The van der Waals surface area contributed by atoms with Crippen molar-refractivity contribution in [1.82, 2.24) is 9.97 Å². The summed E-state index contributed by atoms with van der Waals surface area (Å²) in [4.78, 5) is 8.04. The smallest absolute Gasteiger partial charge is 0.165 e. The Morgan fingerprint density at radius 2 is 1.94 bits per heavy atom. The van der Waals surface area contributed by atoms with E-state index in [2.05, 4.69) is 54.3 Å². The minimum Gasteiger partial charge on any atom is -0.336 e. The van der Waals surface area contributed by atoms with Gasteiger partial charge in [-0.2, -0.15) is 0 Å². The summed E-state index contributed by atoms with van der Waals surface area (Å²) in [7, 11) is 0. The summed E-state index contributed by atoms with van der Waals surface area (Å²) in [6.45, 7) is 4.38. The molecule has 0 aliphatic rings. The summed E-state index contributed by atoms with van der Waals surface area (Å²) in [5.41, 5.74) is 3.76. The van der Waals surface area contributed by atoms with Crippen molar-refractivity contribution in [3.05, 3.63) is 47.3 Å². The summed E-state index contributed by atoms with van der Waals surface area (Å²) >= 11 is 1.67. The molecule has 90 valence electrons. The van der Waals surface area contributed by atoms with E-state index in [1.807, 2.05) is 6.07 Å². The first-order valence-electron chi connectivity index (χ1n) is 5.87. The van der Waals surface area contributed by atoms with Gasteiger partial charge in [0, 0.05) is 12.1 Å². The molecule has 1 aromatic carbocycles. The van der Waals surface area contributed by atoms with Crippen molar-refractivity contribution >= 4 is 11.8 Å². The van der Waals surface area contributed by atoms with E-state index >= 15 is 0 Å². The fourth-order valence-corrected chi connectivity index (χ4v) is 2.32. The Kier molecular flexibility index (Phi) is 3.89. The van der Waals surface area contributed by atoms with Crippen LogP contribution in [0.1, 0.15) is 36.7 Å². The van der Waals surface area contributed by atoms with E-state index in [4.69, 9.17) is 0 Å². The van der Waals surface area contributed by atoms with Gasteiger partial charge < -0.3 is 4.98 Å². The Bertz CT molecular complexity index is 474. The SMILES string of the molecule is CSc1nc(C(C)C)c(Cc2ccccc2)[nH]1. The lowest BCUT2D eigenvalue weighted by molar-refractivity contribution is 0.808. The van der Waals surface area contributed by atoms with E-state index in [9.17, 15) is 0 Å². The number of benzene rings is 1. The number of imidazole rings is 1. The van der Waals surface area contributed by atoms with E-state index < -0.39 is 0 Å². The number of aromatic amines is 1. The lowest BCUT2D eigenvalue weighted by atomic mass is 10.0. The summed E-state index contributed by atoms with van der Waals surface area (Å²) in [5.74, 6) is 0.464. The number of rotatable bonds is 4. The number of aromatic nitrogens is 2. The zero-order valence-electron chi connectivity index (χ0n) is 10.5. The maximum Gasteiger partial charge on any atom is 0.165 e. The van der Waals surface area contributed by atoms with Crippen LogP contribution >= 0.6 is 11.8 Å². The first-order valence-corrected chi connectivity index (χ1v) is 7.10. The highest BCUT2D eigenvalue weighted by molar-refractivity contribution is 7.98. The second kappa shape index (κ2) is 5.41. The van der Waals surface area contributed by atoms with Crippen molar-refractivity contribution in [3.63, 3.8) is 0 Å². The molecule has 0 saturated carbocycles. The highest BCUT2D eigenvalue weighted by Crippen LogP contribution is 2.23. The molecule has 1 heterocycles. The first kappa shape index (κ1) is 12.2. The van der Waals surface area contributed by atoms with Gasteiger partial charge in [-0.3, -0.25) is 0 Å². The zero-order valence-corrected chi connectivity index (χ0v) is 11.3. The number of H-pyrrole nitrogens is 1. The summed E-state index contributed by atoms with van der Waals surface area (Å²) < 4.78 is 0. The highest BCUT2D eigenvalue weighted by atomic mass is 32.2. The Balaban J connectivity index is 2.28. The maximum absolute atomic E-state index is 4.63. The third-order valence-corrected chi connectivity index (χ3v) is 3.33. The van der Waals surface area contributed by atoms with Crippen LogP contribution in [0.4, 0.5) is 0 Å². The summed E-state index contributed by atoms with van der Waals surface area (Å²) in [6, 6.07) is 10.5. The van der Waals surface area contributed by atoms with Crippen molar-refractivity contribution in [2.75, 3.05) is 6.26 Å². The Morgan fingerprint density at radius 3 is 2.53 bits per heavy atom. The Morgan fingerprint density at radius 1 is 1.24 bits per heavy atom. The van der Waals surface area contributed by atoms with E-state index in [-0.39, 0.29) is 0 Å². The van der Waals surface area contributed by atoms with Crippen LogP contribution < -0.4 is 0 Å². The molecule has 0 fully saturated rings. The number of nitrogens with one attached hydrogen (secondary N) is 1. The number of hydrogen-bond acceptors (Lipinski definition) is 2. The van der Waals surface area contributed by atoms with E-state index in [1.165, 1.54) is 17.0 Å². The molecule has 3 heteroatoms. The normalized spacial score (nSPS) is 11.1. The van der Waals surface area contributed by atoms with Crippen LogP contribution in [0, 0.1) is 0 Å². The van der Waals surface area contributed by atoms with E-state index in [0.29, 0.717) is 5.92 Å². The van der Waals surface area contributed by atoms with Gasteiger partial charge in [0.05, 0.1) is 5.69 Å². The molecular formula is C14H18N2S. The molecule has 0 amide bonds. The van der Waals surface area contributed by atoms with Crippen LogP contribution in [-0.4, -0.2) is 16.2 Å². The van der Waals surface area contributed by atoms with Crippen molar-refractivity contribution in [3.8, 4) is 0 Å². The van der Waals surface area contributed by atoms with Crippen molar-refractivity contribution < 1.29 is 0 Å². The van der Waals surface area contributed by atoms with Gasteiger partial charge in [-0.15, -0.1) is 0 Å². The molecule has 0 aliphatic carbocycles. The molecule has 0 saturated heterocycles. The lowest BCUT2D eigenvalue weighted by Crippen LogP contribution is -1.96. The summed E-state index contributed by atoms with van der Waals surface area (Å²) in [5, 5.41) is 1.01. The van der Waals surface area contributed by atoms with E-state index in [0.717, 1.165) is 11.6 Å². The van der Waals surface area contributed by atoms with Crippen LogP contribution in [0.15, 0.2) is 35.5 Å². The van der Waals surface area contributed by atoms with Gasteiger partial charge in [-0.25, -0.2) is 4.98 Å². The number of nitrogens with zero attached hydrogens (tertiary/aromatic N) is 1. The molecule has 0 aliphatic heterocycles. The molecule has 2 rings (SSSR count). The molecule has 1 N–H and O–H groups in total. The number of hydrogen-bond donors (Lipinski definition) is 1. The standard InChI is InChI=1S/C14H18N2S/c1-10(2)13-12(15-14(16-13)17-3)9-11-7-5-4-6-8-11/h4-8,10H,9H2,1-3H3,(H,15,16). The molecule has 2 nitrogen and oxygen atoms in total. The molecule has 2 aromatic rings. The van der Waals surface area contributed by atoms with Gasteiger partial charge >= 0.3 is 0 Å². The quantitative estimate of drug-likeness (QED) is 0.830. The summed E-state index contributed by atoms with van der Waals surface area (Å²) in [6.07, 6.45) is 2.98. The molecule has 17 heavy (non-hydrogen) atoms. The van der Waals surface area contributed by atoms with Gasteiger partial charge in [-0.05, 0) is 17.7 Å². The predicted octanol–water partition coefficient (Wildman–Crippen LogP) is 3.85. The second-order valence-corrected chi connectivity index (χ2v) is 5.22. The van der Waals surface area contributed by atoms with Gasteiger partial charge in [0.1, 0.15) is 0 Å². The van der Waals surface area contributed by atoms with Gasteiger partial charge in [-0.1, -0.05) is 55.9 Å². The average molecular weight is 246 g/mol. The highest BCUT2D eigenvalue weighted by Gasteiger charge is 2.13. The minimum absolute atomic E-state index is 0.464. The predicted molar refractivity (Wildman–Crippen MR) is 73.7 cm³/mol. The minimum atomic E-state index is 0.464. The largest absolute Gasteiger partial charge is 0.336 e. The molecule has 0 unspecified atom stereocenters. The van der Waals surface area contributed by atoms with Crippen LogP contribution in [0.2, 0.25) is 0 Å². The monoisotopic (exact) mass is 246 g/mol. The maximum atomic E-state index is 4.63. The zero-order chi connectivity index (χ0) is 12.3. The fourth-order valence-electron chi connectivity index (χ4n) is 1.91. The van der Waals surface area contributed by atoms with Crippen LogP contribution in [0.5, 0.6) is 0 Å². The van der Waals surface area contributed by atoms with Crippen LogP contribution in [0.25, 0.3) is 0 Å². The Labute approximate surface area is 107 Å². The molecule has 0 radical (unpaired) electrons. The molecule has 0 spiro atoms. The Hall–Kier alpha value is -1.22. The topological polar surface area (TPSA) is 28.7 Å². The third-order valence-electron chi connectivity index (χ3n) is 2.75. The van der Waals surface area contributed by atoms with Crippen molar-refractivity contribution in [2.45, 2.75) is 31.3 Å². The third kappa shape index (κ3) is 2.91. The average Bonchev–Trinajstić information content (AvgIpc) is 2.74. The molecule has 0 atom stereocenters. The first-order chi connectivity index (χ1) is 8.20. The number of thioether (sulfide) groups is 1. The fraction of sp³-hybridized carbons (Fsp3) is 0.357. The van der Waals surface area contributed by atoms with E-state index in [1.54, 1.807) is 11.8 Å². The molecule has 1 aromatic heterocycles. The van der Waals surface area contributed by atoms with Crippen LogP contribution in [0.3, 0.4) is 0 Å². The van der Waals surface area contributed by atoms with Gasteiger partial charge in [0.15, 0.2) is 5.16 Å². The lowest BCUT2D eigenvalue weighted by Gasteiger charge is -2.05. The van der Waals surface area contributed by atoms with Crippen molar-refractivity contribution in [1.29, 1.82) is 0 Å². The van der Waals surface area contributed by atoms with Crippen molar-refractivity contribution in [2.24, 2.45) is 0 Å². The van der Waals surface area contributed by atoms with Gasteiger partial charge in [0.25, 0.3) is 0 Å². The second-order valence-electron chi connectivity index (χ2n) is 4.43.